The minimum Gasteiger partial charge on any atom is -0.457 e. The number of nitrogens with zero attached hydrogens (tertiary/aromatic N) is 1. The van der Waals surface area contributed by atoms with Crippen LogP contribution >= 0.6 is 9.44 Å². The van der Waals surface area contributed by atoms with Crippen molar-refractivity contribution in [2.24, 2.45) is 0 Å². The largest absolute Gasteiger partial charge is 0.457 e. The summed E-state index contributed by atoms with van der Waals surface area (Å²) in [5.41, 5.74) is 8.22. The number of ether oxygens (including phenoxy) is 3. The zero-order valence-corrected chi connectivity index (χ0v) is 15.2. The molecule has 3 aliphatic heterocycles. The van der Waals surface area contributed by atoms with Crippen molar-refractivity contribution < 1.29 is 23.8 Å². The molecular formula is C19H19NO5S. The lowest BCUT2D eigenvalue weighted by Crippen LogP contribution is -2.50. The fourth-order valence-electron chi connectivity index (χ4n) is 3.53. The Labute approximate surface area is 152 Å². The van der Waals surface area contributed by atoms with Crippen LogP contribution in [0.4, 0.5) is 4.79 Å². The summed E-state index contributed by atoms with van der Waals surface area (Å²) in [6.07, 6.45) is 2.02. The molecule has 0 aromatic heterocycles. The number of esters is 1. The van der Waals surface area contributed by atoms with Crippen LogP contribution in [0.1, 0.15) is 18.9 Å². The molecule has 6 nitrogen and oxygen atoms in total. The van der Waals surface area contributed by atoms with E-state index in [2.05, 4.69) is 6.58 Å². The summed E-state index contributed by atoms with van der Waals surface area (Å²) >= 11 is 0. The molecule has 0 saturated carbocycles. The zero-order chi connectivity index (χ0) is 18.5. The van der Waals surface area contributed by atoms with Crippen molar-refractivity contribution in [1.82, 2.24) is 4.90 Å². The van der Waals surface area contributed by atoms with E-state index < -0.39 is 15.4 Å². The van der Waals surface area contributed by atoms with E-state index in [1.807, 2.05) is 19.1 Å². The fourth-order valence-corrected chi connectivity index (χ4v) is 5.86. The van der Waals surface area contributed by atoms with Crippen LogP contribution in [0.3, 0.4) is 0 Å². The van der Waals surface area contributed by atoms with Crippen LogP contribution < -0.4 is 9.47 Å². The van der Waals surface area contributed by atoms with Gasteiger partial charge in [0.05, 0.1) is 5.37 Å². The highest BCUT2D eigenvalue weighted by atomic mass is 32.2. The average Bonchev–Trinajstić information content (AvgIpc) is 3.27. The Morgan fingerprint density at radius 1 is 1.46 bits per heavy atom. The summed E-state index contributed by atoms with van der Waals surface area (Å²) in [6.45, 7) is 5.72. The number of carbonyl (C=O) groups excluding carboxylic acids is 2. The van der Waals surface area contributed by atoms with E-state index in [9.17, 15) is 9.59 Å². The molecule has 26 heavy (non-hydrogen) atoms. The van der Waals surface area contributed by atoms with Crippen molar-refractivity contribution in [2.45, 2.75) is 18.7 Å². The topological polar surface area (TPSA) is 65.1 Å². The molecule has 7 heteroatoms. The lowest BCUT2D eigenvalue weighted by atomic mass is 10.0. The number of hydrogen-bond acceptors (Lipinski definition) is 5. The second-order valence-corrected chi connectivity index (χ2v) is 9.38. The molecule has 3 heterocycles. The standard InChI is InChI=1S/C19H19NO5S/c1-4-8-23-18(21)17-13(10-16-20(17)19(22)26(16,3)5-2)12-6-7-14-15(9-12)25-11-24-14/h3-4,6-7,9,16H,1,5,8,10-11H2,2H3. The van der Waals surface area contributed by atoms with E-state index in [4.69, 9.17) is 19.9 Å². The normalized spacial score (nSPS) is 25.8. The molecule has 136 valence electrons. The van der Waals surface area contributed by atoms with Crippen LogP contribution in [-0.4, -0.2) is 40.6 Å². The lowest BCUT2D eigenvalue weighted by Gasteiger charge is -2.46. The van der Waals surface area contributed by atoms with E-state index >= 15 is 0 Å². The number of hydrogen-bond donors (Lipinski definition) is 0. The van der Waals surface area contributed by atoms with Crippen molar-refractivity contribution in [2.75, 3.05) is 19.2 Å². The second-order valence-electron chi connectivity index (χ2n) is 6.22. The summed E-state index contributed by atoms with van der Waals surface area (Å²) in [6, 6.07) is 5.49. The molecule has 1 fully saturated rings. The maximum Gasteiger partial charge on any atom is 0.355 e. The molecule has 1 aromatic carbocycles. The first-order valence-electron chi connectivity index (χ1n) is 8.33. The highest BCUT2D eigenvalue weighted by Gasteiger charge is 2.56. The van der Waals surface area contributed by atoms with Gasteiger partial charge >= 0.3 is 5.97 Å². The molecule has 4 rings (SSSR count). The fraction of sp³-hybridized carbons (Fsp3) is 0.316. The van der Waals surface area contributed by atoms with E-state index in [0.29, 0.717) is 23.7 Å². The molecule has 0 radical (unpaired) electrons. The van der Waals surface area contributed by atoms with Crippen LogP contribution in [0, 0.1) is 5.69 Å². The molecular weight excluding hydrogens is 354 g/mol. The van der Waals surface area contributed by atoms with Crippen LogP contribution in [0.5, 0.6) is 11.5 Å². The third kappa shape index (κ3) is 2.21. The first-order chi connectivity index (χ1) is 12.5. The van der Waals surface area contributed by atoms with Crippen molar-refractivity contribution in [3.05, 3.63) is 42.1 Å². The molecule has 0 bridgehead atoms. The van der Waals surface area contributed by atoms with Crippen molar-refractivity contribution >= 4 is 26.2 Å². The molecule has 0 N–H and O–H groups in total. The van der Waals surface area contributed by atoms with Gasteiger partial charge in [0, 0.05) is 6.42 Å². The Kier molecular flexibility index (Phi) is 3.86. The Bertz CT molecular complexity index is 967. The quantitative estimate of drug-likeness (QED) is 0.598. The van der Waals surface area contributed by atoms with E-state index in [1.165, 1.54) is 11.0 Å². The number of carbonyl (C=O) groups is 2. The molecule has 1 saturated heterocycles. The highest BCUT2D eigenvalue weighted by Crippen LogP contribution is 2.61. The minimum absolute atomic E-state index is 0.0812. The smallest absolute Gasteiger partial charge is 0.355 e. The molecule has 1 aromatic rings. The molecule has 1 amide bonds. The van der Waals surface area contributed by atoms with Gasteiger partial charge in [0.2, 0.25) is 6.79 Å². The van der Waals surface area contributed by atoms with Crippen LogP contribution in [-0.2, 0) is 9.53 Å². The Morgan fingerprint density at radius 2 is 2.23 bits per heavy atom. The van der Waals surface area contributed by atoms with Gasteiger partial charge in [-0.3, -0.25) is 9.69 Å². The van der Waals surface area contributed by atoms with Crippen molar-refractivity contribution in [3.63, 3.8) is 0 Å². The zero-order valence-electron chi connectivity index (χ0n) is 14.4. The number of fused-ring (bicyclic) bond motifs is 2. The van der Waals surface area contributed by atoms with Crippen molar-refractivity contribution in [3.8, 4) is 17.2 Å². The summed E-state index contributed by atoms with van der Waals surface area (Å²) in [4.78, 5) is 26.8. The van der Waals surface area contributed by atoms with Gasteiger partial charge in [-0.25, -0.2) is 4.79 Å². The summed E-state index contributed by atoms with van der Waals surface area (Å²) < 4.78 is 16.0. The summed E-state index contributed by atoms with van der Waals surface area (Å²) in [5.74, 6) is 1.34. The first kappa shape index (κ1) is 16.8. The van der Waals surface area contributed by atoms with Crippen molar-refractivity contribution in [1.29, 1.82) is 0 Å². The summed E-state index contributed by atoms with van der Waals surface area (Å²) in [7, 11) is -1.91. The SMILES string of the molecule is C#S1(CC)C(=O)N2C(C(=O)OCC=C)=C(c3ccc4c(c3)OCO4)CC21. The van der Waals surface area contributed by atoms with Gasteiger partial charge in [-0.1, -0.05) is 35.1 Å². The first-order valence-corrected chi connectivity index (χ1v) is 10.3. The van der Waals surface area contributed by atoms with Gasteiger partial charge in [0.15, 0.2) is 11.5 Å². The molecule has 2 unspecified atom stereocenters. The number of rotatable bonds is 4. The summed E-state index contributed by atoms with van der Waals surface area (Å²) in [5, 5.41) is -0.321. The highest BCUT2D eigenvalue weighted by molar-refractivity contribution is 8.38. The maximum absolute atomic E-state index is 12.7. The third-order valence-corrected chi connectivity index (χ3v) is 8.08. The Balaban J connectivity index is 1.78. The van der Waals surface area contributed by atoms with Crippen LogP contribution in [0.15, 0.2) is 36.6 Å². The van der Waals surface area contributed by atoms with E-state index in [-0.39, 0.29) is 29.7 Å². The van der Waals surface area contributed by atoms with Gasteiger partial charge in [0.1, 0.15) is 12.3 Å². The molecule has 3 aliphatic rings. The molecule has 0 aliphatic carbocycles. The average molecular weight is 373 g/mol. The Hall–Kier alpha value is -2.63. The minimum atomic E-state index is -1.91. The predicted molar refractivity (Wildman–Crippen MR) is 99.4 cm³/mol. The monoisotopic (exact) mass is 373 g/mol. The van der Waals surface area contributed by atoms with E-state index in [0.717, 1.165) is 11.1 Å². The van der Waals surface area contributed by atoms with Gasteiger partial charge in [-0.05, 0) is 29.0 Å². The molecule has 0 spiro atoms. The number of amides is 1. The van der Waals surface area contributed by atoms with Crippen LogP contribution in [0.25, 0.3) is 5.57 Å². The maximum atomic E-state index is 12.7. The van der Waals surface area contributed by atoms with Gasteiger partial charge in [-0.2, -0.15) is 0 Å². The predicted octanol–water partition coefficient (Wildman–Crippen LogP) is 3.43. The van der Waals surface area contributed by atoms with Crippen LogP contribution in [0.2, 0.25) is 0 Å². The number of benzene rings is 1. The lowest BCUT2D eigenvalue weighted by molar-refractivity contribution is -0.139. The van der Waals surface area contributed by atoms with Gasteiger partial charge in [0.25, 0.3) is 5.24 Å². The van der Waals surface area contributed by atoms with E-state index in [1.54, 1.807) is 6.07 Å². The second kappa shape index (κ2) is 5.97. The molecule has 2 atom stereocenters. The van der Waals surface area contributed by atoms with Gasteiger partial charge in [-0.15, -0.1) is 5.69 Å². The Morgan fingerprint density at radius 3 is 2.96 bits per heavy atom. The third-order valence-electron chi connectivity index (χ3n) is 4.93. The van der Waals surface area contributed by atoms with Gasteiger partial charge < -0.3 is 14.2 Å².